The molecule has 1 fully saturated rings. The van der Waals surface area contributed by atoms with Crippen LogP contribution in [0.1, 0.15) is 12.5 Å². The third-order valence-electron chi connectivity index (χ3n) is 4.25. The molecule has 0 bridgehead atoms. The number of ether oxygens (including phenoxy) is 3. The second kappa shape index (κ2) is 11.3. The van der Waals surface area contributed by atoms with Gasteiger partial charge in [0.05, 0.1) is 27.4 Å². The van der Waals surface area contributed by atoms with Crippen LogP contribution >= 0.6 is 24.8 Å². The van der Waals surface area contributed by atoms with Crippen molar-refractivity contribution in [1.29, 1.82) is 0 Å². The molecule has 7 nitrogen and oxygen atoms in total. The van der Waals surface area contributed by atoms with Crippen LogP contribution in [0, 0.1) is 0 Å². The molecule has 1 amide bonds. The van der Waals surface area contributed by atoms with Gasteiger partial charge in [0, 0.05) is 38.3 Å². The lowest BCUT2D eigenvalue weighted by Crippen LogP contribution is -2.52. The number of amides is 1. The minimum absolute atomic E-state index is 0. The molecule has 0 radical (unpaired) electrons. The Hall–Kier alpha value is -1.41. The molecule has 1 aromatic carbocycles. The highest BCUT2D eigenvalue weighted by atomic mass is 35.5. The summed E-state index contributed by atoms with van der Waals surface area (Å²) in [5.74, 6) is 1.94. The largest absolute Gasteiger partial charge is 0.493 e. The van der Waals surface area contributed by atoms with Crippen LogP contribution < -0.4 is 19.9 Å². The molecule has 1 heterocycles. The highest BCUT2D eigenvalue weighted by Gasteiger charge is 2.24. The van der Waals surface area contributed by atoms with Crippen LogP contribution in [-0.4, -0.2) is 69.3 Å². The smallest absolute Gasteiger partial charge is 0.239 e. The van der Waals surface area contributed by atoms with Gasteiger partial charge in [-0.05, 0) is 13.0 Å². The zero-order valence-electron chi connectivity index (χ0n) is 15.7. The Bertz CT molecular complexity index is 579. The predicted molar refractivity (Wildman–Crippen MR) is 106 cm³/mol. The van der Waals surface area contributed by atoms with Gasteiger partial charge in [0.2, 0.25) is 11.7 Å². The van der Waals surface area contributed by atoms with E-state index in [4.69, 9.17) is 19.9 Å². The monoisotopic (exact) mass is 409 g/mol. The fraction of sp³-hybridized carbons (Fsp3) is 0.588. The maximum Gasteiger partial charge on any atom is 0.239 e. The Labute approximate surface area is 167 Å². The van der Waals surface area contributed by atoms with Crippen LogP contribution in [0.3, 0.4) is 0 Å². The van der Waals surface area contributed by atoms with Crippen molar-refractivity contribution >= 4 is 30.7 Å². The lowest BCUT2D eigenvalue weighted by atomic mass is 10.1. The summed E-state index contributed by atoms with van der Waals surface area (Å²) in [7, 11) is 4.83. The van der Waals surface area contributed by atoms with E-state index < -0.39 is 6.04 Å². The molecule has 0 saturated carbocycles. The van der Waals surface area contributed by atoms with E-state index in [1.54, 1.807) is 28.3 Å². The Morgan fingerprint density at radius 1 is 1.04 bits per heavy atom. The maximum atomic E-state index is 11.9. The molecule has 2 rings (SSSR count). The van der Waals surface area contributed by atoms with E-state index in [9.17, 15) is 4.79 Å². The Morgan fingerprint density at radius 3 is 2.08 bits per heavy atom. The Morgan fingerprint density at radius 2 is 1.62 bits per heavy atom. The van der Waals surface area contributed by atoms with Crippen LogP contribution in [0.15, 0.2) is 12.1 Å². The standard InChI is InChI=1S/C17H27N3O4.2ClH/c1-12(18)17(21)20-9-7-19(8-10-20)11-13-5-6-14(22-2)16(24-4)15(13)23-3;;/h5-6,12H,7-11,18H2,1-4H3;2*1H/t12-;;/m1../s1. The number of rotatable bonds is 6. The van der Waals surface area contributed by atoms with Crippen molar-refractivity contribution in [2.24, 2.45) is 5.73 Å². The molecule has 0 spiro atoms. The number of nitrogens with zero attached hydrogens (tertiary/aromatic N) is 2. The summed E-state index contributed by atoms with van der Waals surface area (Å²) >= 11 is 0. The van der Waals surface area contributed by atoms with Crippen LogP contribution in [-0.2, 0) is 11.3 Å². The molecule has 150 valence electrons. The van der Waals surface area contributed by atoms with Gasteiger partial charge in [-0.3, -0.25) is 9.69 Å². The van der Waals surface area contributed by atoms with E-state index in [1.807, 2.05) is 17.0 Å². The number of halogens is 2. The number of carbonyl (C=O) groups is 1. The quantitative estimate of drug-likeness (QED) is 0.767. The Kier molecular flexibility index (Phi) is 10.7. The molecule has 9 heteroatoms. The molecule has 2 N–H and O–H groups in total. The lowest BCUT2D eigenvalue weighted by molar-refractivity contribution is -0.134. The number of carbonyl (C=O) groups excluding carboxylic acids is 1. The highest BCUT2D eigenvalue weighted by molar-refractivity contribution is 5.85. The average molecular weight is 410 g/mol. The van der Waals surface area contributed by atoms with Gasteiger partial charge in [-0.15, -0.1) is 24.8 Å². The molecule has 0 unspecified atom stereocenters. The van der Waals surface area contributed by atoms with Crippen molar-refractivity contribution in [3.8, 4) is 17.2 Å². The number of methoxy groups -OCH3 is 3. The number of piperazine rings is 1. The number of benzene rings is 1. The molecular weight excluding hydrogens is 381 g/mol. The number of hydrogen-bond acceptors (Lipinski definition) is 6. The minimum Gasteiger partial charge on any atom is -0.493 e. The fourth-order valence-electron chi connectivity index (χ4n) is 2.94. The molecule has 1 aliphatic rings. The summed E-state index contributed by atoms with van der Waals surface area (Å²) in [4.78, 5) is 16.1. The van der Waals surface area contributed by atoms with Crippen LogP contribution in [0.5, 0.6) is 17.2 Å². The fourth-order valence-corrected chi connectivity index (χ4v) is 2.94. The molecule has 1 saturated heterocycles. The second-order valence-corrected chi connectivity index (χ2v) is 5.88. The summed E-state index contributed by atoms with van der Waals surface area (Å²) in [5.41, 5.74) is 6.70. The topological polar surface area (TPSA) is 77.3 Å². The van der Waals surface area contributed by atoms with E-state index in [0.717, 1.165) is 25.2 Å². The molecular formula is C17H29Cl2N3O4. The molecule has 0 aliphatic carbocycles. The summed E-state index contributed by atoms with van der Waals surface area (Å²) < 4.78 is 16.3. The van der Waals surface area contributed by atoms with Gasteiger partial charge in [-0.1, -0.05) is 6.07 Å². The molecule has 1 aromatic rings. The van der Waals surface area contributed by atoms with Crippen molar-refractivity contribution in [3.63, 3.8) is 0 Å². The van der Waals surface area contributed by atoms with Crippen molar-refractivity contribution in [3.05, 3.63) is 17.7 Å². The van der Waals surface area contributed by atoms with Crippen molar-refractivity contribution in [1.82, 2.24) is 9.80 Å². The van der Waals surface area contributed by atoms with Crippen LogP contribution in [0.25, 0.3) is 0 Å². The summed E-state index contributed by atoms with van der Waals surface area (Å²) in [6.07, 6.45) is 0. The van der Waals surface area contributed by atoms with E-state index in [0.29, 0.717) is 30.3 Å². The van der Waals surface area contributed by atoms with Gasteiger partial charge >= 0.3 is 0 Å². The lowest BCUT2D eigenvalue weighted by Gasteiger charge is -2.35. The van der Waals surface area contributed by atoms with Gasteiger partial charge in [0.15, 0.2) is 11.5 Å². The van der Waals surface area contributed by atoms with E-state index >= 15 is 0 Å². The number of hydrogen-bond donors (Lipinski definition) is 1. The van der Waals surface area contributed by atoms with Crippen molar-refractivity contribution < 1.29 is 19.0 Å². The zero-order valence-corrected chi connectivity index (χ0v) is 17.3. The summed E-state index contributed by atoms with van der Waals surface area (Å²) in [6.45, 7) is 5.44. The summed E-state index contributed by atoms with van der Waals surface area (Å²) in [6, 6.07) is 3.43. The number of nitrogens with two attached hydrogens (primary N) is 1. The first-order valence-corrected chi connectivity index (χ1v) is 8.06. The first-order valence-electron chi connectivity index (χ1n) is 8.06. The molecule has 26 heavy (non-hydrogen) atoms. The predicted octanol–water partition coefficient (Wildman–Crippen LogP) is 1.55. The van der Waals surface area contributed by atoms with Crippen LogP contribution in [0.2, 0.25) is 0 Å². The maximum absolute atomic E-state index is 11.9. The highest BCUT2D eigenvalue weighted by Crippen LogP contribution is 2.40. The van der Waals surface area contributed by atoms with Gasteiger partial charge in [-0.25, -0.2) is 0 Å². The second-order valence-electron chi connectivity index (χ2n) is 5.88. The van der Waals surface area contributed by atoms with Crippen LogP contribution in [0.4, 0.5) is 0 Å². The first kappa shape index (κ1) is 24.6. The van der Waals surface area contributed by atoms with Crippen molar-refractivity contribution in [2.45, 2.75) is 19.5 Å². The van der Waals surface area contributed by atoms with Gasteiger partial charge in [0.25, 0.3) is 0 Å². The van der Waals surface area contributed by atoms with Crippen molar-refractivity contribution in [2.75, 3.05) is 47.5 Å². The minimum atomic E-state index is -0.442. The van der Waals surface area contributed by atoms with Gasteiger partial charge in [0.1, 0.15) is 0 Å². The zero-order chi connectivity index (χ0) is 17.7. The first-order chi connectivity index (χ1) is 11.5. The van der Waals surface area contributed by atoms with E-state index in [2.05, 4.69) is 4.90 Å². The third kappa shape index (κ3) is 5.54. The molecule has 0 aromatic heterocycles. The average Bonchev–Trinajstić information content (AvgIpc) is 2.61. The third-order valence-corrected chi connectivity index (χ3v) is 4.25. The molecule has 1 atom stereocenters. The molecule has 1 aliphatic heterocycles. The van der Waals surface area contributed by atoms with Gasteiger partial charge in [-0.2, -0.15) is 0 Å². The Balaban J connectivity index is 0.00000312. The van der Waals surface area contributed by atoms with E-state index in [1.165, 1.54) is 0 Å². The van der Waals surface area contributed by atoms with Gasteiger partial charge < -0.3 is 24.8 Å². The van der Waals surface area contributed by atoms with E-state index in [-0.39, 0.29) is 30.7 Å². The summed E-state index contributed by atoms with van der Waals surface area (Å²) in [5, 5.41) is 0. The normalized spacial score (nSPS) is 15.3. The SMILES string of the molecule is COc1ccc(CN2CCN(C(=O)[C@@H](C)N)CC2)c(OC)c1OC.Cl.Cl.